The Balaban J connectivity index is 2.01. The Kier molecular flexibility index (Phi) is 4.88. The van der Waals surface area contributed by atoms with Crippen molar-refractivity contribution in [1.82, 2.24) is 10.2 Å². The summed E-state index contributed by atoms with van der Waals surface area (Å²) in [5.41, 5.74) is 0.245. The fraction of sp³-hybridized carbons (Fsp3) is 0.600. The highest BCUT2D eigenvalue weighted by atomic mass is 32.1. The molecule has 1 aromatic rings. The molecule has 0 saturated carbocycles. The molecule has 0 aliphatic carbocycles. The van der Waals surface area contributed by atoms with Gasteiger partial charge in [0, 0.05) is 18.0 Å². The summed E-state index contributed by atoms with van der Waals surface area (Å²) in [6, 6.07) is 2.27. The van der Waals surface area contributed by atoms with Crippen molar-refractivity contribution in [1.29, 1.82) is 0 Å². The lowest BCUT2D eigenvalue weighted by atomic mass is 9.85. The number of hydrogen-bond acceptors (Lipinski definition) is 3. The molecular weight excluding hydrogens is 288 g/mol. The summed E-state index contributed by atoms with van der Waals surface area (Å²) in [6.45, 7) is 5.78. The van der Waals surface area contributed by atoms with Crippen LogP contribution in [-0.2, 0) is 4.79 Å². The zero-order valence-electron chi connectivity index (χ0n) is 12.5. The normalized spacial score (nSPS) is 19.6. The number of thiophene rings is 1. The highest BCUT2D eigenvalue weighted by molar-refractivity contribution is 7.10. The number of carbonyl (C=O) groups excluding carboxylic acids is 1. The van der Waals surface area contributed by atoms with Crippen LogP contribution < -0.4 is 5.32 Å². The van der Waals surface area contributed by atoms with Gasteiger partial charge in [0.2, 0.25) is 0 Å². The van der Waals surface area contributed by atoms with Gasteiger partial charge in [0.15, 0.2) is 6.04 Å². The van der Waals surface area contributed by atoms with Crippen LogP contribution in [0.1, 0.15) is 44.0 Å². The van der Waals surface area contributed by atoms with E-state index in [2.05, 4.69) is 19.2 Å². The summed E-state index contributed by atoms with van der Waals surface area (Å²) in [5.74, 6) is -1.03. The van der Waals surface area contributed by atoms with Gasteiger partial charge in [-0.2, -0.15) is 0 Å². The lowest BCUT2D eigenvalue weighted by Crippen LogP contribution is -2.44. The molecule has 1 unspecified atom stereocenters. The summed E-state index contributed by atoms with van der Waals surface area (Å²) >= 11 is 1.34. The molecule has 21 heavy (non-hydrogen) atoms. The van der Waals surface area contributed by atoms with E-state index >= 15 is 0 Å². The average Bonchev–Trinajstić information content (AvgIpc) is 2.86. The maximum absolute atomic E-state index is 12.3. The van der Waals surface area contributed by atoms with Gasteiger partial charge in [0.05, 0.1) is 0 Å². The minimum Gasteiger partial charge on any atom is -0.479 e. The second-order valence-corrected chi connectivity index (χ2v) is 7.22. The number of amides is 2. The standard InChI is InChI=1S/C15H22N2O3S/c1-15(2)6-4-8-17(9-7-15)14(20)16-12(13(18)19)11-5-3-10-21-11/h3,5,10,12H,4,6-9H2,1-2H3,(H,16,20)(H,18,19). The number of urea groups is 1. The van der Waals surface area contributed by atoms with Crippen LogP contribution >= 0.6 is 11.3 Å². The van der Waals surface area contributed by atoms with Crippen LogP contribution in [0.5, 0.6) is 0 Å². The number of nitrogens with zero attached hydrogens (tertiary/aromatic N) is 1. The van der Waals surface area contributed by atoms with Gasteiger partial charge in [-0.25, -0.2) is 9.59 Å². The van der Waals surface area contributed by atoms with E-state index in [-0.39, 0.29) is 11.4 Å². The predicted octanol–water partition coefficient (Wildman–Crippen LogP) is 3.10. The molecule has 1 saturated heterocycles. The van der Waals surface area contributed by atoms with Gasteiger partial charge in [-0.15, -0.1) is 11.3 Å². The molecule has 0 radical (unpaired) electrons. The SMILES string of the molecule is CC1(C)CCCN(C(=O)NC(C(=O)O)c2cccs2)CC1. The molecule has 2 heterocycles. The molecule has 0 bridgehead atoms. The third-order valence-corrected chi connectivity index (χ3v) is 4.91. The first kappa shape index (κ1) is 15.8. The highest BCUT2D eigenvalue weighted by Gasteiger charge is 2.29. The summed E-state index contributed by atoms with van der Waals surface area (Å²) in [6.07, 6.45) is 2.98. The largest absolute Gasteiger partial charge is 0.479 e. The molecule has 6 heteroatoms. The fourth-order valence-electron chi connectivity index (χ4n) is 2.55. The molecule has 1 aliphatic rings. The van der Waals surface area contributed by atoms with E-state index < -0.39 is 12.0 Å². The van der Waals surface area contributed by atoms with E-state index in [9.17, 15) is 14.7 Å². The molecule has 2 N–H and O–H groups in total. The lowest BCUT2D eigenvalue weighted by molar-refractivity contribution is -0.139. The average molecular weight is 310 g/mol. The van der Waals surface area contributed by atoms with Crippen LogP contribution in [0, 0.1) is 5.41 Å². The lowest BCUT2D eigenvalue weighted by Gasteiger charge is -2.25. The molecule has 2 amide bonds. The Morgan fingerprint density at radius 2 is 2.14 bits per heavy atom. The zero-order chi connectivity index (χ0) is 15.5. The molecule has 2 rings (SSSR count). The van der Waals surface area contributed by atoms with Crippen molar-refractivity contribution in [2.75, 3.05) is 13.1 Å². The van der Waals surface area contributed by atoms with Crippen molar-refractivity contribution < 1.29 is 14.7 Å². The molecule has 0 aromatic carbocycles. The summed E-state index contributed by atoms with van der Waals surface area (Å²) < 4.78 is 0. The number of carbonyl (C=O) groups is 2. The Bertz CT molecular complexity index is 499. The molecule has 116 valence electrons. The maximum Gasteiger partial charge on any atom is 0.331 e. The first-order valence-corrected chi connectivity index (χ1v) is 8.09. The molecule has 1 fully saturated rings. The van der Waals surface area contributed by atoms with Crippen molar-refractivity contribution in [3.8, 4) is 0 Å². The number of likely N-dealkylation sites (tertiary alicyclic amines) is 1. The Labute approximate surface area is 129 Å². The minimum atomic E-state index is -1.03. The monoisotopic (exact) mass is 310 g/mol. The van der Waals surface area contributed by atoms with E-state index in [1.807, 2.05) is 5.38 Å². The number of rotatable bonds is 3. The van der Waals surface area contributed by atoms with E-state index in [0.717, 1.165) is 19.3 Å². The number of hydrogen-bond donors (Lipinski definition) is 2. The number of carboxylic acids is 1. The number of aliphatic carboxylic acids is 1. The second-order valence-electron chi connectivity index (χ2n) is 6.24. The van der Waals surface area contributed by atoms with Gasteiger partial charge in [0.25, 0.3) is 0 Å². The Morgan fingerprint density at radius 3 is 2.76 bits per heavy atom. The molecule has 1 atom stereocenters. The van der Waals surface area contributed by atoms with Gasteiger partial charge in [-0.3, -0.25) is 0 Å². The van der Waals surface area contributed by atoms with Crippen LogP contribution in [0.3, 0.4) is 0 Å². The maximum atomic E-state index is 12.3. The number of carboxylic acid groups (broad SMARTS) is 1. The zero-order valence-corrected chi connectivity index (χ0v) is 13.3. The Hall–Kier alpha value is -1.56. The molecule has 1 aromatic heterocycles. The van der Waals surface area contributed by atoms with Crippen molar-refractivity contribution in [3.63, 3.8) is 0 Å². The van der Waals surface area contributed by atoms with Crippen LogP contribution in [0.25, 0.3) is 0 Å². The molecule has 5 nitrogen and oxygen atoms in total. The molecular formula is C15H22N2O3S. The summed E-state index contributed by atoms with van der Waals surface area (Å²) in [5, 5.41) is 13.8. The molecule has 0 spiro atoms. The summed E-state index contributed by atoms with van der Waals surface area (Å²) in [4.78, 5) is 26.1. The topological polar surface area (TPSA) is 69.6 Å². The quantitative estimate of drug-likeness (QED) is 0.901. The second kappa shape index (κ2) is 6.47. The van der Waals surface area contributed by atoms with Crippen LogP contribution in [0.4, 0.5) is 4.79 Å². The van der Waals surface area contributed by atoms with Crippen molar-refractivity contribution in [2.45, 2.75) is 39.2 Å². The van der Waals surface area contributed by atoms with E-state index in [4.69, 9.17) is 0 Å². The van der Waals surface area contributed by atoms with Gasteiger partial charge in [0.1, 0.15) is 0 Å². The smallest absolute Gasteiger partial charge is 0.331 e. The van der Waals surface area contributed by atoms with Crippen molar-refractivity contribution >= 4 is 23.3 Å². The highest BCUT2D eigenvalue weighted by Crippen LogP contribution is 2.30. The summed E-state index contributed by atoms with van der Waals surface area (Å²) in [7, 11) is 0. The Morgan fingerprint density at radius 1 is 1.38 bits per heavy atom. The third-order valence-electron chi connectivity index (χ3n) is 3.97. The van der Waals surface area contributed by atoms with Crippen LogP contribution in [0.15, 0.2) is 17.5 Å². The first-order chi connectivity index (χ1) is 9.89. The first-order valence-electron chi connectivity index (χ1n) is 7.21. The van der Waals surface area contributed by atoms with E-state index in [1.165, 1.54) is 11.3 Å². The number of nitrogens with one attached hydrogen (secondary N) is 1. The van der Waals surface area contributed by atoms with Gasteiger partial charge < -0.3 is 15.3 Å². The third kappa shape index (κ3) is 4.20. The van der Waals surface area contributed by atoms with Crippen molar-refractivity contribution in [3.05, 3.63) is 22.4 Å². The fourth-order valence-corrected chi connectivity index (χ4v) is 3.32. The van der Waals surface area contributed by atoms with Crippen molar-refractivity contribution in [2.24, 2.45) is 5.41 Å². The van der Waals surface area contributed by atoms with Gasteiger partial charge in [-0.05, 0) is 36.1 Å². The van der Waals surface area contributed by atoms with Gasteiger partial charge >= 0.3 is 12.0 Å². The minimum absolute atomic E-state index is 0.245. The predicted molar refractivity (Wildman–Crippen MR) is 82.4 cm³/mol. The van der Waals surface area contributed by atoms with E-state index in [1.54, 1.807) is 17.0 Å². The molecule has 1 aliphatic heterocycles. The van der Waals surface area contributed by atoms with Crippen LogP contribution in [0.2, 0.25) is 0 Å². The van der Waals surface area contributed by atoms with Crippen LogP contribution in [-0.4, -0.2) is 35.1 Å². The van der Waals surface area contributed by atoms with E-state index in [0.29, 0.717) is 18.0 Å². The van der Waals surface area contributed by atoms with Gasteiger partial charge in [-0.1, -0.05) is 19.9 Å².